The number of rotatable bonds is 5. The SMILES string of the molecule is O=C(N/N=C\c1cc(Cc2ccccc2Cl)ccc1O)c1cccs1. The summed E-state index contributed by atoms with van der Waals surface area (Å²) in [5.74, 6) is -0.185. The molecule has 0 saturated carbocycles. The molecule has 0 atom stereocenters. The molecule has 2 N–H and O–H groups in total. The molecule has 0 bridgehead atoms. The lowest BCUT2D eigenvalue weighted by atomic mass is 10.0. The van der Waals surface area contributed by atoms with Crippen LogP contribution < -0.4 is 5.43 Å². The van der Waals surface area contributed by atoms with Gasteiger partial charge < -0.3 is 5.11 Å². The highest BCUT2D eigenvalue weighted by Crippen LogP contribution is 2.22. The molecule has 3 aromatic rings. The smallest absolute Gasteiger partial charge is 0.281 e. The standard InChI is InChI=1S/C19H15ClN2O2S/c20-16-5-2-1-4-14(16)10-13-7-8-17(23)15(11-13)12-21-22-19(24)18-6-3-9-25-18/h1-9,11-12,23H,10H2,(H,22,24)/b21-12-. The van der Waals surface area contributed by atoms with Crippen LogP contribution in [0.15, 0.2) is 65.1 Å². The van der Waals surface area contributed by atoms with Crippen molar-refractivity contribution in [2.24, 2.45) is 5.10 Å². The van der Waals surface area contributed by atoms with Crippen LogP contribution in [0.3, 0.4) is 0 Å². The average molecular weight is 371 g/mol. The number of aromatic hydroxyl groups is 1. The fourth-order valence-electron chi connectivity index (χ4n) is 2.30. The van der Waals surface area contributed by atoms with Gasteiger partial charge in [-0.2, -0.15) is 5.10 Å². The van der Waals surface area contributed by atoms with E-state index in [2.05, 4.69) is 10.5 Å². The Bertz CT molecular complexity index is 908. The highest BCUT2D eigenvalue weighted by atomic mass is 35.5. The number of phenols is 1. The summed E-state index contributed by atoms with van der Waals surface area (Å²) >= 11 is 7.53. The Kier molecular flexibility index (Phi) is 5.48. The van der Waals surface area contributed by atoms with E-state index in [1.54, 1.807) is 18.2 Å². The Morgan fingerprint density at radius 1 is 1.20 bits per heavy atom. The Morgan fingerprint density at radius 3 is 2.80 bits per heavy atom. The van der Waals surface area contributed by atoms with Gasteiger partial charge in [0, 0.05) is 10.6 Å². The predicted octanol–water partition coefficient (Wildman–Crippen LogP) is 4.46. The number of carbonyl (C=O) groups excluding carboxylic acids is 1. The van der Waals surface area contributed by atoms with E-state index in [9.17, 15) is 9.90 Å². The summed E-state index contributed by atoms with van der Waals surface area (Å²) < 4.78 is 0. The van der Waals surface area contributed by atoms with E-state index in [0.29, 0.717) is 21.9 Å². The first-order valence-electron chi connectivity index (χ1n) is 7.55. The van der Waals surface area contributed by atoms with Gasteiger partial charge in [-0.05, 0) is 47.2 Å². The molecule has 0 saturated heterocycles. The maximum Gasteiger partial charge on any atom is 0.281 e. The fourth-order valence-corrected chi connectivity index (χ4v) is 3.12. The molecule has 6 heteroatoms. The third-order valence-corrected chi connectivity index (χ3v) is 4.80. The largest absolute Gasteiger partial charge is 0.507 e. The molecule has 0 aliphatic carbocycles. The predicted molar refractivity (Wildman–Crippen MR) is 102 cm³/mol. The molecule has 0 radical (unpaired) electrons. The van der Waals surface area contributed by atoms with Gasteiger partial charge in [0.15, 0.2) is 0 Å². The Morgan fingerprint density at radius 2 is 2.04 bits per heavy atom. The number of hydrazone groups is 1. The van der Waals surface area contributed by atoms with Crippen molar-refractivity contribution in [1.29, 1.82) is 0 Å². The van der Waals surface area contributed by atoms with Crippen molar-refractivity contribution in [2.75, 3.05) is 0 Å². The third kappa shape index (κ3) is 4.47. The molecule has 126 valence electrons. The molecule has 3 rings (SSSR count). The molecule has 2 aromatic carbocycles. The molecule has 0 unspecified atom stereocenters. The number of thiophene rings is 1. The maximum atomic E-state index is 11.8. The van der Waals surface area contributed by atoms with Gasteiger partial charge in [0.1, 0.15) is 5.75 Å². The third-order valence-electron chi connectivity index (χ3n) is 3.56. The molecule has 1 aromatic heterocycles. The van der Waals surface area contributed by atoms with Gasteiger partial charge in [-0.25, -0.2) is 5.43 Å². The van der Waals surface area contributed by atoms with E-state index in [4.69, 9.17) is 11.6 Å². The van der Waals surface area contributed by atoms with Gasteiger partial charge in [0.2, 0.25) is 0 Å². The molecule has 0 aliphatic rings. The normalized spacial score (nSPS) is 10.9. The Labute approximate surface area is 154 Å². The fraction of sp³-hybridized carbons (Fsp3) is 0.0526. The van der Waals surface area contributed by atoms with Gasteiger partial charge in [0.05, 0.1) is 11.1 Å². The number of nitrogens with one attached hydrogen (secondary N) is 1. The van der Waals surface area contributed by atoms with E-state index in [1.165, 1.54) is 17.6 Å². The molecular weight excluding hydrogens is 356 g/mol. The summed E-state index contributed by atoms with van der Waals surface area (Å²) in [7, 11) is 0. The van der Waals surface area contributed by atoms with Crippen LogP contribution in [0.4, 0.5) is 0 Å². The van der Waals surface area contributed by atoms with E-state index in [1.807, 2.05) is 41.8 Å². The number of hydrogen-bond donors (Lipinski definition) is 2. The van der Waals surface area contributed by atoms with Crippen molar-refractivity contribution in [3.8, 4) is 5.75 Å². The van der Waals surface area contributed by atoms with Gasteiger partial charge in [-0.1, -0.05) is 41.9 Å². The van der Waals surface area contributed by atoms with Crippen LogP contribution in [0.1, 0.15) is 26.4 Å². The molecule has 0 aliphatic heterocycles. The van der Waals surface area contributed by atoms with E-state index in [0.717, 1.165) is 11.1 Å². The highest BCUT2D eigenvalue weighted by molar-refractivity contribution is 7.12. The summed E-state index contributed by atoms with van der Waals surface area (Å²) in [5.41, 5.74) is 4.96. The van der Waals surface area contributed by atoms with E-state index < -0.39 is 0 Å². The molecule has 25 heavy (non-hydrogen) atoms. The quantitative estimate of drug-likeness (QED) is 0.514. The van der Waals surface area contributed by atoms with Crippen LogP contribution in [0.2, 0.25) is 5.02 Å². The zero-order chi connectivity index (χ0) is 17.6. The first kappa shape index (κ1) is 17.2. The maximum absolute atomic E-state index is 11.8. The molecule has 1 heterocycles. The van der Waals surface area contributed by atoms with Crippen LogP contribution in [-0.4, -0.2) is 17.2 Å². The van der Waals surface area contributed by atoms with Crippen LogP contribution in [-0.2, 0) is 6.42 Å². The molecule has 1 amide bonds. The van der Waals surface area contributed by atoms with Crippen LogP contribution in [0, 0.1) is 0 Å². The van der Waals surface area contributed by atoms with Crippen LogP contribution >= 0.6 is 22.9 Å². The summed E-state index contributed by atoms with van der Waals surface area (Å²) in [6.45, 7) is 0. The second-order valence-corrected chi connectivity index (χ2v) is 6.69. The lowest BCUT2D eigenvalue weighted by molar-refractivity contribution is 0.0959. The number of benzene rings is 2. The van der Waals surface area contributed by atoms with E-state index >= 15 is 0 Å². The van der Waals surface area contributed by atoms with E-state index in [-0.39, 0.29) is 11.7 Å². The van der Waals surface area contributed by atoms with Gasteiger partial charge in [0.25, 0.3) is 5.91 Å². The second-order valence-electron chi connectivity index (χ2n) is 5.34. The molecule has 0 fully saturated rings. The minimum absolute atomic E-state index is 0.0945. The van der Waals surface area contributed by atoms with Crippen molar-refractivity contribution in [3.05, 3.63) is 86.6 Å². The Balaban J connectivity index is 1.72. The van der Waals surface area contributed by atoms with Crippen LogP contribution in [0.5, 0.6) is 5.75 Å². The number of carbonyl (C=O) groups is 1. The zero-order valence-electron chi connectivity index (χ0n) is 13.1. The molecule has 0 spiro atoms. The molecular formula is C19H15ClN2O2S. The summed E-state index contributed by atoms with van der Waals surface area (Å²) in [6, 6.07) is 16.4. The van der Waals surface area contributed by atoms with Crippen molar-refractivity contribution in [1.82, 2.24) is 5.43 Å². The first-order chi connectivity index (χ1) is 12.1. The Hall–Kier alpha value is -2.63. The second kappa shape index (κ2) is 7.96. The van der Waals surface area contributed by atoms with Crippen molar-refractivity contribution >= 4 is 35.1 Å². The number of nitrogens with zero attached hydrogens (tertiary/aromatic N) is 1. The zero-order valence-corrected chi connectivity index (χ0v) is 14.7. The monoisotopic (exact) mass is 370 g/mol. The van der Waals surface area contributed by atoms with Gasteiger partial charge >= 0.3 is 0 Å². The topological polar surface area (TPSA) is 61.7 Å². The first-order valence-corrected chi connectivity index (χ1v) is 8.81. The number of phenolic OH excluding ortho intramolecular Hbond substituents is 1. The number of amides is 1. The summed E-state index contributed by atoms with van der Waals surface area (Å²) in [4.78, 5) is 12.4. The van der Waals surface area contributed by atoms with Crippen molar-refractivity contribution in [3.63, 3.8) is 0 Å². The van der Waals surface area contributed by atoms with Crippen molar-refractivity contribution in [2.45, 2.75) is 6.42 Å². The average Bonchev–Trinajstić information content (AvgIpc) is 3.14. The van der Waals surface area contributed by atoms with Crippen LogP contribution in [0.25, 0.3) is 0 Å². The van der Waals surface area contributed by atoms with Gasteiger partial charge in [-0.3, -0.25) is 4.79 Å². The van der Waals surface area contributed by atoms with Crippen molar-refractivity contribution < 1.29 is 9.90 Å². The lowest BCUT2D eigenvalue weighted by Crippen LogP contribution is -2.16. The molecule has 4 nitrogen and oxygen atoms in total. The lowest BCUT2D eigenvalue weighted by Gasteiger charge is -2.06. The number of halogens is 1. The summed E-state index contributed by atoms with van der Waals surface area (Å²) in [6.07, 6.45) is 2.07. The minimum atomic E-state index is -0.280. The highest BCUT2D eigenvalue weighted by Gasteiger charge is 2.06. The minimum Gasteiger partial charge on any atom is -0.507 e. The van der Waals surface area contributed by atoms with Gasteiger partial charge in [-0.15, -0.1) is 11.3 Å². The number of hydrogen-bond acceptors (Lipinski definition) is 4. The summed E-state index contributed by atoms with van der Waals surface area (Å²) in [5, 5.41) is 16.4.